The molecule has 2 aliphatic rings. The Bertz CT molecular complexity index is 1800. The molecular formula is C27H28FN7O7S. The van der Waals surface area contributed by atoms with E-state index in [2.05, 4.69) is 26.0 Å². The fourth-order valence-corrected chi connectivity index (χ4v) is 5.26. The van der Waals surface area contributed by atoms with Gasteiger partial charge in [-0.2, -0.15) is 5.10 Å². The van der Waals surface area contributed by atoms with Crippen LogP contribution in [0.1, 0.15) is 52.7 Å². The van der Waals surface area contributed by atoms with Gasteiger partial charge in [-0.05, 0) is 37.0 Å². The Kier molecular flexibility index (Phi) is 7.88. The summed E-state index contributed by atoms with van der Waals surface area (Å²) in [7, 11) is -3.69. The monoisotopic (exact) mass is 613 g/mol. The van der Waals surface area contributed by atoms with Gasteiger partial charge in [-0.15, -0.1) is 0 Å². The maximum absolute atomic E-state index is 14.5. The number of sulfonamides is 1. The topological polar surface area (TPSA) is 190 Å². The van der Waals surface area contributed by atoms with Crippen molar-refractivity contribution in [3.8, 4) is 5.75 Å². The zero-order chi connectivity index (χ0) is 30.9. The van der Waals surface area contributed by atoms with E-state index in [4.69, 9.17) is 4.74 Å². The number of aromatic nitrogens is 3. The molecule has 4 N–H and O–H groups in total. The number of carbonyl (C=O) groups is 4. The predicted octanol–water partition coefficient (Wildman–Crippen LogP) is 1.05. The van der Waals surface area contributed by atoms with Crippen molar-refractivity contribution >= 4 is 45.0 Å². The third kappa shape index (κ3) is 6.63. The lowest BCUT2D eigenvalue weighted by Crippen LogP contribution is -2.42. The van der Waals surface area contributed by atoms with Crippen LogP contribution >= 0.6 is 0 Å². The first-order chi connectivity index (χ1) is 20.3. The molecule has 0 radical (unpaired) electrons. The van der Waals surface area contributed by atoms with Crippen molar-refractivity contribution in [1.82, 2.24) is 30.0 Å². The Morgan fingerprint density at radius 2 is 1.93 bits per heavy atom. The highest BCUT2D eigenvalue weighted by Crippen LogP contribution is 2.35. The molecule has 1 aliphatic heterocycles. The molecule has 3 heterocycles. The molecule has 0 fully saturated rings. The van der Waals surface area contributed by atoms with Gasteiger partial charge in [0.05, 0.1) is 23.6 Å². The highest BCUT2D eigenvalue weighted by atomic mass is 32.2. The second-order valence-electron chi connectivity index (χ2n) is 10.6. The molecule has 1 aromatic carbocycles. The van der Waals surface area contributed by atoms with Crippen LogP contribution in [0.2, 0.25) is 0 Å². The molecule has 226 valence electrons. The lowest BCUT2D eigenvalue weighted by atomic mass is 9.76. The molecule has 14 nitrogen and oxygen atoms in total. The highest BCUT2D eigenvalue weighted by Gasteiger charge is 2.36. The van der Waals surface area contributed by atoms with E-state index < -0.39 is 39.0 Å². The molecule has 4 amide bonds. The van der Waals surface area contributed by atoms with Crippen molar-refractivity contribution in [3.63, 3.8) is 0 Å². The van der Waals surface area contributed by atoms with Gasteiger partial charge in [0.1, 0.15) is 17.1 Å². The maximum Gasteiger partial charge on any atom is 0.270 e. The molecule has 5 rings (SSSR count). The highest BCUT2D eigenvalue weighted by molar-refractivity contribution is 7.89. The third-order valence-corrected chi connectivity index (χ3v) is 7.72. The van der Waals surface area contributed by atoms with Crippen LogP contribution in [0.25, 0.3) is 5.65 Å². The number of nitrogens with one attached hydrogen (secondary N) is 4. The Hall–Kier alpha value is -4.86. The van der Waals surface area contributed by atoms with Crippen LogP contribution in [0.5, 0.6) is 5.75 Å². The molecule has 1 unspecified atom stereocenters. The van der Waals surface area contributed by atoms with Gasteiger partial charge in [-0.1, -0.05) is 24.6 Å². The van der Waals surface area contributed by atoms with Gasteiger partial charge < -0.3 is 20.7 Å². The van der Waals surface area contributed by atoms with E-state index in [0.29, 0.717) is 29.8 Å². The van der Waals surface area contributed by atoms with Crippen LogP contribution in [0, 0.1) is 11.2 Å². The Balaban J connectivity index is 1.26. The predicted molar refractivity (Wildman–Crippen MR) is 150 cm³/mol. The van der Waals surface area contributed by atoms with Gasteiger partial charge in [0.2, 0.25) is 15.9 Å². The van der Waals surface area contributed by atoms with E-state index >= 15 is 0 Å². The van der Waals surface area contributed by atoms with Crippen LogP contribution in [-0.4, -0.2) is 66.1 Å². The molecule has 0 saturated heterocycles. The average Bonchev–Trinajstić information content (AvgIpc) is 3.34. The minimum absolute atomic E-state index is 0.0490. The molecule has 1 aliphatic carbocycles. The van der Waals surface area contributed by atoms with Gasteiger partial charge >= 0.3 is 0 Å². The van der Waals surface area contributed by atoms with E-state index in [9.17, 15) is 32.0 Å². The molecule has 43 heavy (non-hydrogen) atoms. The molecule has 1 atom stereocenters. The fraction of sp³-hybridized carbons (Fsp3) is 0.333. The van der Waals surface area contributed by atoms with E-state index in [1.165, 1.54) is 6.07 Å². The van der Waals surface area contributed by atoms with E-state index in [0.717, 1.165) is 22.5 Å². The average molecular weight is 614 g/mol. The quantitative estimate of drug-likeness (QED) is 0.269. The van der Waals surface area contributed by atoms with E-state index in [1.807, 2.05) is 4.72 Å². The van der Waals surface area contributed by atoms with Crippen LogP contribution in [0.3, 0.4) is 0 Å². The zero-order valence-electron chi connectivity index (χ0n) is 23.2. The van der Waals surface area contributed by atoms with E-state index in [-0.39, 0.29) is 49.1 Å². The number of anilines is 1. The van der Waals surface area contributed by atoms with Crippen molar-refractivity contribution in [3.05, 3.63) is 64.9 Å². The zero-order valence-corrected chi connectivity index (χ0v) is 24.0. The van der Waals surface area contributed by atoms with Crippen LogP contribution < -0.4 is 25.4 Å². The number of benzene rings is 1. The van der Waals surface area contributed by atoms with Crippen LogP contribution in [-0.2, 0) is 26.2 Å². The van der Waals surface area contributed by atoms with Gasteiger partial charge in [0, 0.05) is 19.2 Å². The van der Waals surface area contributed by atoms with Crippen molar-refractivity contribution in [2.45, 2.75) is 32.7 Å². The van der Waals surface area contributed by atoms with Crippen LogP contribution in [0.15, 0.2) is 42.1 Å². The first-order valence-electron chi connectivity index (χ1n) is 13.2. The summed E-state index contributed by atoms with van der Waals surface area (Å²) in [4.78, 5) is 54.2. The van der Waals surface area contributed by atoms with Crippen LogP contribution in [0.4, 0.5) is 10.1 Å². The van der Waals surface area contributed by atoms with Gasteiger partial charge in [0.15, 0.2) is 18.1 Å². The number of amides is 4. The summed E-state index contributed by atoms with van der Waals surface area (Å²) in [5.41, 5.74) is 0.382. The number of halogens is 1. The Morgan fingerprint density at radius 3 is 2.65 bits per heavy atom. The Labute approximate surface area is 245 Å². The number of allylic oxidation sites excluding steroid dienone is 1. The smallest absolute Gasteiger partial charge is 0.270 e. The SMILES string of the molecule is CC1(C(=O)NS(C)(=O)=O)CC=C(CNC(=O)c2cc(C(=O)NCc3ccc4c(c3)NC(=O)CO4)nc3c(F)cnn23)CC1. The fourth-order valence-electron chi connectivity index (χ4n) is 4.68. The third-order valence-electron chi connectivity index (χ3n) is 7.17. The minimum atomic E-state index is -3.69. The standard InChI is InChI=1S/C27H28FN7O7S/c1-27(26(39)34-43(2,40)41)7-5-15(6-8-27)11-30-25(38)20-10-19(33-23-17(28)13-31-35(20)23)24(37)29-12-16-3-4-21-18(9-16)32-22(36)14-42-21/h3-5,9-10,13H,6-8,11-12,14H2,1-2H3,(H,29,37)(H,30,38)(H,32,36)(H,34,39). The van der Waals surface area contributed by atoms with Crippen molar-refractivity contribution in [2.75, 3.05) is 24.7 Å². The summed E-state index contributed by atoms with van der Waals surface area (Å²) >= 11 is 0. The number of hydrogen-bond acceptors (Lipinski definition) is 9. The summed E-state index contributed by atoms with van der Waals surface area (Å²) in [5, 5.41) is 12.0. The molecule has 0 bridgehead atoms. The van der Waals surface area contributed by atoms with Gasteiger partial charge in [-0.3, -0.25) is 23.9 Å². The van der Waals surface area contributed by atoms with E-state index in [1.54, 1.807) is 31.2 Å². The molecule has 3 aromatic rings. The summed E-state index contributed by atoms with van der Waals surface area (Å²) in [6.45, 7) is 1.74. The second-order valence-corrected chi connectivity index (χ2v) is 12.4. The van der Waals surface area contributed by atoms with Crippen molar-refractivity contribution in [1.29, 1.82) is 0 Å². The lowest BCUT2D eigenvalue weighted by Gasteiger charge is -2.31. The van der Waals surface area contributed by atoms with Gasteiger partial charge in [-0.25, -0.2) is 22.3 Å². The second kappa shape index (κ2) is 11.4. The van der Waals surface area contributed by atoms with Gasteiger partial charge in [0.25, 0.3) is 17.7 Å². The lowest BCUT2D eigenvalue weighted by molar-refractivity contribution is -0.128. The van der Waals surface area contributed by atoms with Crippen molar-refractivity contribution < 1.29 is 36.7 Å². The van der Waals surface area contributed by atoms with Crippen molar-refractivity contribution in [2.24, 2.45) is 5.41 Å². The summed E-state index contributed by atoms with van der Waals surface area (Å²) in [5.74, 6) is -2.52. The molecule has 0 spiro atoms. The minimum Gasteiger partial charge on any atom is -0.482 e. The summed E-state index contributed by atoms with van der Waals surface area (Å²) < 4.78 is 45.7. The molecule has 16 heteroatoms. The summed E-state index contributed by atoms with van der Waals surface area (Å²) in [6, 6.07) is 6.23. The number of nitrogens with zero attached hydrogens (tertiary/aromatic N) is 3. The first kappa shape index (κ1) is 29.6. The Morgan fingerprint density at radius 1 is 1.16 bits per heavy atom. The molecular weight excluding hydrogens is 585 g/mol. The summed E-state index contributed by atoms with van der Waals surface area (Å²) in [6.07, 6.45) is 4.65. The largest absolute Gasteiger partial charge is 0.482 e. The number of hydrogen-bond donors (Lipinski definition) is 4. The first-order valence-corrected chi connectivity index (χ1v) is 15.1. The number of rotatable bonds is 8. The molecule has 2 aromatic heterocycles. The number of fused-ring (bicyclic) bond motifs is 2. The maximum atomic E-state index is 14.5. The number of carbonyl (C=O) groups excluding carboxylic acids is 4. The molecule has 0 saturated carbocycles. The normalized spacial score (nSPS) is 18.1. The number of ether oxygens (including phenoxy) is 1.